The molecule has 6 heteroatoms. The van der Waals surface area contributed by atoms with Crippen molar-refractivity contribution in [1.29, 1.82) is 0 Å². The van der Waals surface area contributed by atoms with E-state index in [1.54, 1.807) is 19.5 Å². The first-order chi connectivity index (χ1) is 14.2. The number of nitrogens with zero attached hydrogens (tertiary/aromatic N) is 3. The molecule has 1 aromatic heterocycles. The van der Waals surface area contributed by atoms with E-state index >= 15 is 0 Å². The maximum absolute atomic E-state index is 12.4. The molecule has 6 nitrogen and oxygen atoms in total. The SMILES string of the molecule is COc1cccc(CCNC(=O)c2cnc(N3c4ccccc4CC3C)cn2)c1. The van der Waals surface area contributed by atoms with Gasteiger partial charge in [0.1, 0.15) is 11.4 Å². The minimum Gasteiger partial charge on any atom is -0.497 e. The zero-order valence-electron chi connectivity index (χ0n) is 16.6. The monoisotopic (exact) mass is 388 g/mol. The van der Waals surface area contributed by atoms with Gasteiger partial charge in [0.25, 0.3) is 5.91 Å². The Hall–Kier alpha value is -3.41. The fourth-order valence-corrected chi connectivity index (χ4v) is 3.72. The molecule has 1 amide bonds. The van der Waals surface area contributed by atoms with Crippen molar-refractivity contribution in [3.63, 3.8) is 0 Å². The van der Waals surface area contributed by atoms with Gasteiger partial charge in [-0.3, -0.25) is 4.79 Å². The van der Waals surface area contributed by atoms with Crippen LogP contribution < -0.4 is 15.0 Å². The summed E-state index contributed by atoms with van der Waals surface area (Å²) in [6.45, 7) is 2.69. The van der Waals surface area contributed by atoms with E-state index in [1.807, 2.05) is 30.3 Å². The third-order valence-electron chi connectivity index (χ3n) is 5.16. The van der Waals surface area contributed by atoms with Gasteiger partial charge in [0.15, 0.2) is 5.82 Å². The quantitative estimate of drug-likeness (QED) is 0.700. The lowest BCUT2D eigenvalue weighted by Crippen LogP contribution is -2.28. The maximum atomic E-state index is 12.4. The van der Waals surface area contributed by atoms with Crippen molar-refractivity contribution in [1.82, 2.24) is 15.3 Å². The van der Waals surface area contributed by atoms with E-state index in [-0.39, 0.29) is 5.91 Å². The molecule has 29 heavy (non-hydrogen) atoms. The summed E-state index contributed by atoms with van der Waals surface area (Å²) in [6.07, 6.45) is 4.92. The zero-order valence-corrected chi connectivity index (χ0v) is 16.6. The first-order valence-corrected chi connectivity index (χ1v) is 9.76. The highest BCUT2D eigenvalue weighted by atomic mass is 16.5. The number of ether oxygens (including phenoxy) is 1. The molecule has 0 fully saturated rings. The molecule has 1 atom stereocenters. The lowest BCUT2D eigenvalue weighted by Gasteiger charge is -2.23. The van der Waals surface area contributed by atoms with Gasteiger partial charge in [-0.2, -0.15) is 0 Å². The molecular formula is C23H24N4O2. The average molecular weight is 388 g/mol. The number of methoxy groups -OCH3 is 1. The molecule has 2 heterocycles. The molecule has 4 rings (SSSR count). The van der Waals surface area contributed by atoms with Crippen LogP contribution in [0.2, 0.25) is 0 Å². The van der Waals surface area contributed by atoms with Gasteiger partial charge < -0.3 is 15.0 Å². The first kappa shape index (κ1) is 18.9. The summed E-state index contributed by atoms with van der Waals surface area (Å²) in [7, 11) is 1.64. The second-order valence-electron chi connectivity index (χ2n) is 7.17. The van der Waals surface area contributed by atoms with E-state index < -0.39 is 0 Å². The van der Waals surface area contributed by atoms with Crippen LogP contribution in [0.15, 0.2) is 60.9 Å². The van der Waals surface area contributed by atoms with Crippen LogP contribution in [0.4, 0.5) is 11.5 Å². The van der Waals surface area contributed by atoms with Crippen LogP contribution in [0, 0.1) is 0 Å². The topological polar surface area (TPSA) is 67.3 Å². The number of rotatable bonds is 6. The van der Waals surface area contributed by atoms with Crippen molar-refractivity contribution < 1.29 is 9.53 Å². The number of carbonyl (C=O) groups excluding carboxylic acids is 1. The summed E-state index contributed by atoms with van der Waals surface area (Å²) in [5.41, 5.74) is 3.89. The third-order valence-corrected chi connectivity index (χ3v) is 5.16. The van der Waals surface area contributed by atoms with E-state index in [9.17, 15) is 4.79 Å². The Morgan fingerprint density at radius 3 is 2.83 bits per heavy atom. The molecule has 0 aliphatic carbocycles. The van der Waals surface area contributed by atoms with Crippen LogP contribution >= 0.6 is 0 Å². The normalized spacial score (nSPS) is 15.1. The van der Waals surface area contributed by atoms with Crippen molar-refractivity contribution in [3.8, 4) is 5.75 Å². The molecule has 1 N–H and O–H groups in total. The Kier molecular flexibility index (Phi) is 5.42. The van der Waals surface area contributed by atoms with E-state index in [0.717, 1.165) is 35.7 Å². The van der Waals surface area contributed by atoms with Gasteiger partial charge in [-0.15, -0.1) is 0 Å². The maximum Gasteiger partial charge on any atom is 0.271 e. The lowest BCUT2D eigenvalue weighted by atomic mass is 10.1. The van der Waals surface area contributed by atoms with Crippen LogP contribution in [-0.4, -0.2) is 35.6 Å². The number of nitrogens with one attached hydrogen (secondary N) is 1. The number of benzene rings is 2. The minimum atomic E-state index is -0.221. The largest absolute Gasteiger partial charge is 0.497 e. The number of hydrogen-bond acceptors (Lipinski definition) is 5. The van der Waals surface area contributed by atoms with E-state index in [2.05, 4.69) is 45.3 Å². The molecule has 148 valence electrons. The Morgan fingerprint density at radius 1 is 1.17 bits per heavy atom. The number of aromatic nitrogens is 2. The number of amides is 1. The summed E-state index contributed by atoms with van der Waals surface area (Å²) >= 11 is 0. The predicted molar refractivity (Wildman–Crippen MR) is 113 cm³/mol. The molecule has 0 spiro atoms. The molecule has 3 aromatic rings. The molecule has 1 unspecified atom stereocenters. The lowest BCUT2D eigenvalue weighted by molar-refractivity contribution is 0.0949. The van der Waals surface area contributed by atoms with Crippen molar-refractivity contribution in [2.75, 3.05) is 18.6 Å². The van der Waals surface area contributed by atoms with Crippen molar-refractivity contribution in [3.05, 3.63) is 77.7 Å². The van der Waals surface area contributed by atoms with Gasteiger partial charge in [0.05, 0.1) is 19.5 Å². The standard InChI is InChI=1S/C23H24N4O2/c1-16-12-18-7-3-4-9-21(18)27(16)22-15-25-20(14-26-22)23(28)24-11-10-17-6-5-8-19(13-17)29-2/h3-9,13-16H,10-12H2,1-2H3,(H,24,28). The Balaban J connectivity index is 1.38. The predicted octanol–water partition coefficient (Wildman–Crippen LogP) is 3.54. The smallest absolute Gasteiger partial charge is 0.271 e. The molecule has 0 bridgehead atoms. The van der Waals surface area contributed by atoms with Crippen LogP contribution in [0.1, 0.15) is 28.5 Å². The number of carbonyl (C=O) groups is 1. The number of hydrogen-bond donors (Lipinski definition) is 1. The van der Waals surface area contributed by atoms with Gasteiger partial charge in [-0.25, -0.2) is 9.97 Å². The van der Waals surface area contributed by atoms with Gasteiger partial charge in [0, 0.05) is 18.3 Å². The summed E-state index contributed by atoms with van der Waals surface area (Å²) in [4.78, 5) is 23.4. The summed E-state index contributed by atoms with van der Waals surface area (Å²) in [6, 6.07) is 16.5. The van der Waals surface area contributed by atoms with Crippen LogP contribution in [0.25, 0.3) is 0 Å². The van der Waals surface area contributed by atoms with E-state index in [4.69, 9.17) is 4.74 Å². The average Bonchev–Trinajstić information content (AvgIpc) is 3.09. The zero-order chi connectivity index (χ0) is 20.2. The molecule has 1 aliphatic rings. The van der Waals surface area contributed by atoms with Gasteiger partial charge in [0.2, 0.25) is 0 Å². The first-order valence-electron chi connectivity index (χ1n) is 9.76. The second kappa shape index (κ2) is 8.31. The van der Waals surface area contributed by atoms with Gasteiger partial charge in [-0.1, -0.05) is 30.3 Å². The second-order valence-corrected chi connectivity index (χ2v) is 7.17. The molecule has 0 saturated heterocycles. The highest BCUT2D eigenvalue weighted by molar-refractivity contribution is 5.92. The summed E-state index contributed by atoms with van der Waals surface area (Å²) in [5.74, 6) is 1.35. The van der Waals surface area contributed by atoms with Crippen LogP contribution in [-0.2, 0) is 12.8 Å². The van der Waals surface area contributed by atoms with E-state index in [0.29, 0.717) is 18.3 Å². The van der Waals surface area contributed by atoms with Crippen molar-refractivity contribution in [2.45, 2.75) is 25.8 Å². The van der Waals surface area contributed by atoms with Crippen LogP contribution in [0.3, 0.4) is 0 Å². The van der Waals surface area contributed by atoms with Crippen molar-refractivity contribution >= 4 is 17.4 Å². The van der Waals surface area contributed by atoms with Gasteiger partial charge >= 0.3 is 0 Å². The minimum absolute atomic E-state index is 0.221. The Bertz CT molecular complexity index is 1000. The number of fused-ring (bicyclic) bond motifs is 1. The highest BCUT2D eigenvalue weighted by Gasteiger charge is 2.27. The fourth-order valence-electron chi connectivity index (χ4n) is 3.72. The fraction of sp³-hybridized carbons (Fsp3) is 0.261. The molecule has 0 radical (unpaired) electrons. The van der Waals surface area contributed by atoms with Crippen LogP contribution in [0.5, 0.6) is 5.75 Å². The Labute approximate surface area is 170 Å². The van der Waals surface area contributed by atoms with Gasteiger partial charge in [-0.05, 0) is 49.1 Å². The summed E-state index contributed by atoms with van der Waals surface area (Å²) < 4.78 is 5.22. The molecular weight excluding hydrogens is 364 g/mol. The number of anilines is 2. The Morgan fingerprint density at radius 2 is 2.03 bits per heavy atom. The summed E-state index contributed by atoms with van der Waals surface area (Å²) in [5, 5.41) is 2.90. The third kappa shape index (κ3) is 4.06. The van der Waals surface area contributed by atoms with E-state index in [1.165, 1.54) is 5.56 Å². The molecule has 2 aromatic carbocycles. The highest BCUT2D eigenvalue weighted by Crippen LogP contribution is 2.36. The number of para-hydroxylation sites is 1. The van der Waals surface area contributed by atoms with Crippen molar-refractivity contribution in [2.24, 2.45) is 0 Å². The molecule has 1 aliphatic heterocycles. The molecule has 0 saturated carbocycles.